The van der Waals surface area contributed by atoms with Crippen LogP contribution >= 0.6 is 34.5 Å². The van der Waals surface area contributed by atoms with E-state index >= 15 is 0 Å². The molecule has 19 heavy (non-hydrogen) atoms. The van der Waals surface area contributed by atoms with Crippen LogP contribution in [0, 0.1) is 0 Å². The molecule has 0 saturated carbocycles. The van der Waals surface area contributed by atoms with E-state index in [0.717, 1.165) is 16.0 Å². The minimum atomic E-state index is -1.19. The van der Waals surface area contributed by atoms with Gasteiger partial charge in [-0.3, -0.25) is 9.63 Å². The zero-order valence-electron chi connectivity index (χ0n) is 9.28. The number of carbonyl (C=O) groups is 2. The Labute approximate surface area is 121 Å². The lowest BCUT2D eigenvalue weighted by molar-refractivity contribution is -0.144. The third kappa shape index (κ3) is 3.16. The fourth-order valence-corrected chi connectivity index (χ4v) is 3.07. The molecule has 0 atom stereocenters. The van der Waals surface area contributed by atoms with Crippen LogP contribution in [0.5, 0.6) is 0 Å². The van der Waals surface area contributed by atoms with E-state index in [4.69, 9.17) is 28.3 Å². The lowest BCUT2D eigenvalue weighted by Crippen LogP contribution is -2.26. The van der Waals surface area contributed by atoms with Crippen LogP contribution in [0.15, 0.2) is 18.2 Å². The van der Waals surface area contributed by atoms with Gasteiger partial charge in [-0.2, -0.15) is 0 Å². The molecule has 0 aliphatic carbocycles. The molecule has 2 rings (SSSR count). The molecule has 1 heterocycles. The molecule has 0 aliphatic heterocycles. The molecule has 5 nitrogen and oxygen atoms in total. The summed E-state index contributed by atoms with van der Waals surface area (Å²) in [6, 6.07) is 5.08. The van der Waals surface area contributed by atoms with Crippen molar-refractivity contribution in [3.8, 4) is 0 Å². The van der Waals surface area contributed by atoms with Gasteiger partial charge in [-0.05, 0) is 12.1 Å². The maximum atomic E-state index is 11.8. The standard InChI is InChI=1S/C11H7Cl2NO4S/c12-5-1-2-6-7(3-5)19-10(9(6)13)11(17)14-18-4-8(15)16/h1-3H,4H2,(H,14,17)(H,15,16). The Balaban J connectivity index is 2.22. The van der Waals surface area contributed by atoms with E-state index < -0.39 is 18.5 Å². The van der Waals surface area contributed by atoms with E-state index in [0.29, 0.717) is 10.4 Å². The molecule has 0 unspecified atom stereocenters. The summed E-state index contributed by atoms with van der Waals surface area (Å²) in [6.45, 7) is -0.625. The number of carboxylic acid groups (broad SMARTS) is 1. The maximum absolute atomic E-state index is 11.8. The molecular weight excluding hydrogens is 313 g/mol. The van der Waals surface area contributed by atoms with Crippen LogP contribution in [0.2, 0.25) is 10.0 Å². The number of nitrogens with one attached hydrogen (secondary N) is 1. The van der Waals surface area contributed by atoms with Gasteiger partial charge >= 0.3 is 5.97 Å². The van der Waals surface area contributed by atoms with E-state index in [9.17, 15) is 9.59 Å². The number of amides is 1. The lowest BCUT2D eigenvalue weighted by Gasteiger charge is -2.01. The Hall–Kier alpha value is -1.34. The fourth-order valence-electron chi connectivity index (χ4n) is 1.39. The summed E-state index contributed by atoms with van der Waals surface area (Å²) < 4.78 is 0.765. The summed E-state index contributed by atoms with van der Waals surface area (Å²) in [4.78, 5) is 26.8. The van der Waals surface area contributed by atoms with Crippen LogP contribution < -0.4 is 5.48 Å². The molecule has 0 fully saturated rings. The van der Waals surface area contributed by atoms with Crippen LogP contribution in [0.4, 0.5) is 0 Å². The molecule has 0 spiro atoms. The first-order valence-corrected chi connectivity index (χ1v) is 6.57. The van der Waals surface area contributed by atoms with Crippen molar-refractivity contribution in [2.45, 2.75) is 0 Å². The number of carbonyl (C=O) groups excluding carboxylic acids is 1. The van der Waals surface area contributed by atoms with Gasteiger partial charge in [-0.15, -0.1) is 11.3 Å². The number of hydroxylamine groups is 1. The van der Waals surface area contributed by atoms with Crippen molar-refractivity contribution >= 4 is 56.5 Å². The fraction of sp³-hybridized carbons (Fsp3) is 0.0909. The molecule has 0 saturated heterocycles. The Bertz CT molecular complexity index is 655. The summed E-state index contributed by atoms with van der Waals surface area (Å²) in [5.41, 5.74) is 2.02. The minimum Gasteiger partial charge on any atom is -0.479 e. The van der Waals surface area contributed by atoms with Crippen LogP contribution in [0.3, 0.4) is 0 Å². The van der Waals surface area contributed by atoms with Gasteiger partial charge in [0, 0.05) is 15.1 Å². The Morgan fingerprint density at radius 1 is 1.37 bits per heavy atom. The molecule has 1 amide bonds. The van der Waals surface area contributed by atoms with Crippen molar-refractivity contribution in [2.24, 2.45) is 0 Å². The van der Waals surface area contributed by atoms with Crippen molar-refractivity contribution in [2.75, 3.05) is 6.61 Å². The zero-order valence-corrected chi connectivity index (χ0v) is 11.6. The number of rotatable bonds is 4. The molecule has 1 aromatic heterocycles. The van der Waals surface area contributed by atoms with Crippen molar-refractivity contribution in [1.82, 2.24) is 5.48 Å². The van der Waals surface area contributed by atoms with E-state index in [-0.39, 0.29) is 9.90 Å². The topological polar surface area (TPSA) is 75.6 Å². The molecule has 1 aromatic carbocycles. The van der Waals surface area contributed by atoms with Gasteiger partial charge in [-0.1, -0.05) is 29.3 Å². The molecular formula is C11H7Cl2NO4S. The first kappa shape index (κ1) is 14.1. The normalized spacial score (nSPS) is 10.6. The van der Waals surface area contributed by atoms with Gasteiger partial charge in [0.05, 0.1) is 5.02 Å². The second kappa shape index (κ2) is 5.75. The summed E-state index contributed by atoms with van der Waals surface area (Å²) in [6.07, 6.45) is 0. The number of hydrogen-bond acceptors (Lipinski definition) is 4. The number of halogens is 2. The molecule has 2 aromatic rings. The quantitative estimate of drug-likeness (QED) is 0.849. The molecule has 0 radical (unpaired) electrons. The van der Waals surface area contributed by atoms with E-state index in [1.807, 2.05) is 5.48 Å². The maximum Gasteiger partial charge on any atom is 0.332 e. The van der Waals surface area contributed by atoms with E-state index in [1.54, 1.807) is 18.2 Å². The van der Waals surface area contributed by atoms with Crippen LogP contribution in [0.25, 0.3) is 10.1 Å². The van der Waals surface area contributed by atoms with Gasteiger partial charge in [0.2, 0.25) is 0 Å². The predicted octanol–water partition coefficient (Wildman–Crippen LogP) is 2.95. The Morgan fingerprint density at radius 3 is 2.79 bits per heavy atom. The monoisotopic (exact) mass is 319 g/mol. The highest BCUT2D eigenvalue weighted by molar-refractivity contribution is 7.21. The zero-order chi connectivity index (χ0) is 14.0. The second-order valence-electron chi connectivity index (χ2n) is 3.50. The van der Waals surface area contributed by atoms with E-state index in [2.05, 4.69) is 4.84 Å². The van der Waals surface area contributed by atoms with Gasteiger partial charge in [-0.25, -0.2) is 10.3 Å². The van der Waals surface area contributed by atoms with Crippen molar-refractivity contribution in [3.63, 3.8) is 0 Å². The van der Waals surface area contributed by atoms with Gasteiger partial charge in [0.25, 0.3) is 5.91 Å². The Morgan fingerprint density at radius 2 is 2.11 bits per heavy atom. The lowest BCUT2D eigenvalue weighted by atomic mass is 10.2. The largest absolute Gasteiger partial charge is 0.479 e. The number of carboxylic acids is 1. The highest BCUT2D eigenvalue weighted by Crippen LogP contribution is 2.36. The summed E-state index contributed by atoms with van der Waals surface area (Å²) in [5.74, 6) is -1.78. The van der Waals surface area contributed by atoms with Crippen molar-refractivity contribution in [1.29, 1.82) is 0 Å². The molecule has 0 bridgehead atoms. The summed E-state index contributed by atoms with van der Waals surface area (Å²) in [5, 5.41) is 9.92. The third-order valence-corrected chi connectivity index (χ3v) is 4.05. The van der Waals surface area contributed by atoms with Crippen LogP contribution in [0.1, 0.15) is 9.67 Å². The average molecular weight is 320 g/mol. The summed E-state index contributed by atoms with van der Waals surface area (Å²) in [7, 11) is 0. The second-order valence-corrected chi connectivity index (χ2v) is 5.37. The minimum absolute atomic E-state index is 0.240. The number of hydrogen-bond donors (Lipinski definition) is 2. The average Bonchev–Trinajstić information content (AvgIpc) is 2.65. The van der Waals surface area contributed by atoms with Crippen LogP contribution in [-0.4, -0.2) is 23.6 Å². The van der Waals surface area contributed by atoms with Gasteiger partial charge < -0.3 is 5.11 Å². The number of thiophene rings is 1. The van der Waals surface area contributed by atoms with Crippen molar-refractivity contribution in [3.05, 3.63) is 33.1 Å². The highest BCUT2D eigenvalue weighted by atomic mass is 35.5. The SMILES string of the molecule is O=C(O)CONC(=O)c1sc2cc(Cl)ccc2c1Cl. The number of benzene rings is 1. The molecule has 0 aliphatic rings. The van der Waals surface area contributed by atoms with Crippen LogP contribution in [-0.2, 0) is 9.63 Å². The number of aliphatic carboxylic acids is 1. The van der Waals surface area contributed by atoms with E-state index in [1.165, 1.54) is 0 Å². The van der Waals surface area contributed by atoms with Gasteiger partial charge in [0.1, 0.15) is 4.88 Å². The summed E-state index contributed by atoms with van der Waals surface area (Å²) >= 11 is 13.1. The molecule has 2 N–H and O–H groups in total. The predicted molar refractivity (Wildman–Crippen MR) is 72.9 cm³/mol. The first-order valence-electron chi connectivity index (χ1n) is 5.00. The van der Waals surface area contributed by atoms with Crippen molar-refractivity contribution < 1.29 is 19.5 Å². The molecule has 100 valence electrons. The van der Waals surface area contributed by atoms with Gasteiger partial charge in [0.15, 0.2) is 6.61 Å². The Kier molecular flexibility index (Phi) is 4.26. The molecule has 8 heteroatoms. The first-order chi connectivity index (χ1) is 8.99. The number of fused-ring (bicyclic) bond motifs is 1. The third-order valence-electron chi connectivity index (χ3n) is 2.16. The smallest absolute Gasteiger partial charge is 0.332 e. The highest BCUT2D eigenvalue weighted by Gasteiger charge is 2.17.